The molecule has 20 heavy (non-hydrogen) atoms. The monoisotopic (exact) mass is 294 g/mol. The lowest BCUT2D eigenvalue weighted by atomic mass is 9.78. The Morgan fingerprint density at radius 3 is 3.00 bits per heavy atom. The van der Waals surface area contributed by atoms with Gasteiger partial charge in [0, 0.05) is 43.8 Å². The SMILES string of the molecule is CNCC1(CN2CCc3sccc3C2C)CCOCC1. The molecule has 0 aliphatic carbocycles. The van der Waals surface area contributed by atoms with E-state index in [1.54, 1.807) is 10.4 Å². The highest BCUT2D eigenvalue weighted by atomic mass is 32.1. The van der Waals surface area contributed by atoms with Gasteiger partial charge >= 0.3 is 0 Å². The molecule has 3 heterocycles. The summed E-state index contributed by atoms with van der Waals surface area (Å²) in [6.45, 7) is 7.74. The van der Waals surface area contributed by atoms with Gasteiger partial charge in [-0.2, -0.15) is 0 Å². The molecule has 4 heteroatoms. The van der Waals surface area contributed by atoms with Gasteiger partial charge in [0.05, 0.1) is 0 Å². The van der Waals surface area contributed by atoms with Crippen LogP contribution >= 0.6 is 11.3 Å². The second-order valence-corrected chi connectivity index (χ2v) is 7.34. The number of nitrogens with zero attached hydrogens (tertiary/aromatic N) is 1. The molecule has 0 amide bonds. The van der Waals surface area contributed by atoms with E-state index in [1.165, 1.54) is 32.4 Å². The van der Waals surface area contributed by atoms with Crippen LogP contribution in [0.3, 0.4) is 0 Å². The highest BCUT2D eigenvalue weighted by Gasteiger charge is 2.36. The van der Waals surface area contributed by atoms with Crippen LogP contribution in [0.15, 0.2) is 11.4 Å². The van der Waals surface area contributed by atoms with Crippen LogP contribution in [0.25, 0.3) is 0 Å². The molecule has 1 aromatic heterocycles. The fourth-order valence-electron chi connectivity index (χ4n) is 3.78. The van der Waals surface area contributed by atoms with Gasteiger partial charge in [-0.3, -0.25) is 4.90 Å². The predicted molar refractivity (Wildman–Crippen MR) is 84.4 cm³/mol. The van der Waals surface area contributed by atoms with Crippen molar-refractivity contribution in [1.82, 2.24) is 10.2 Å². The lowest BCUT2D eigenvalue weighted by Crippen LogP contribution is -2.48. The summed E-state index contributed by atoms with van der Waals surface area (Å²) in [4.78, 5) is 4.29. The van der Waals surface area contributed by atoms with Gasteiger partial charge in [-0.15, -0.1) is 11.3 Å². The molecule has 0 bridgehead atoms. The maximum atomic E-state index is 5.59. The molecule has 0 radical (unpaired) electrons. The zero-order valence-electron chi connectivity index (χ0n) is 12.7. The Morgan fingerprint density at radius 1 is 1.45 bits per heavy atom. The number of rotatable bonds is 4. The van der Waals surface area contributed by atoms with E-state index in [0.717, 1.165) is 19.8 Å². The summed E-state index contributed by atoms with van der Waals surface area (Å²) >= 11 is 1.93. The number of hydrogen-bond acceptors (Lipinski definition) is 4. The van der Waals surface area contributed by atoms with Gasteiger partial charge in [-0.1, -0.05) is 0 Å². The minimum absolute atomic E-state index is 0.398. The molecular weight excluding hydrogens is 268 g/mol. The molecular formula is C16H26N2OS. The standard InChI is InChI=1S/C16H26N2OS/c1-13-14-4-10-20-15(14)3-7-18(13)12-16(11-17-2)5-8-19-9-6-16/h4,10,13,17H,3,5-9,11-12H2,1-2H3. The fraction of sp³-hybridized carbons (Fsp3) is 0.750. The molecule has 0 saturated carbocycles. The maximum Gasteiger partial charge on any atom is 0.0472 e. The minimum Gasteiger partial charge on any atom is -0.381 e. The summed E-state index contributed by atoms with van der Waals surface area (Å²) in [6.07, 6.45) is 3.60. The summed E-state index contributed by atoms with van der Waals surface area (Å²) in [6, 6.07) is 2.90. The lowest BCUT2D eigenvalue weighted by Gasteiger charge is -2.44. The Kier molecular flexibility index (Phi) is 4.46. The van der Waals surface area contributed by atoms with Gasteiger partial charge in [0.25, 0.3) is 0 Å². The first-order valence-corrected chi connectivity index (χ1v) is 8.65. The van der Waals surface area contributed by atoms with E-state index in [9.17, 15) is 0 Å². The summed E-state index contributed by atoms with van der Waals surface area (Å²) in [5, 5.41) is 5.67. The number of fused-ring (bicyclic) bond motifs is 1. The minimum atomic E-state index is 0.398. The van der Waals surface area contributed by atoms with E-state index in [0.29, 0.717) is 11.5 Å². The Balaban J connectivity index is 1.73. The largest absolute Gasteiger partial charge is 0.381 e. The second-order valence-electron chi connectivity index (χ2n) is 6.34. The van der Waals surface area contributed by atoms with Crippen LogP contribution in [0.1, 0.15) is 36.2 Å². The van der Waals surface area contributed by atoms with Crippen LogP contribution in [0.2, 0.25) is 0 Å². The molecule has 1 unspecified atom stereocenters. The third-order valence-electron chi connectivity index (χ3n) is 5.05. The van der Waals surface area contributed by atoms with Crippen LogP contribution in [0.4, 0.5) is 0 Å². The molecule has 0 spiro atoms. The van der Waals surface area contributed by atoms with Gasteiger partial charge in [0.15, 0.2) is 0 Å². The summed E-state index contributed by atoms with van der Waals surface area (Å²) in [7, 11) is 2.08. The first-order valence-electron chi connectivity index (χ1n) is 7.77. The summed E-state index contributed by atoms with van der Waals surface area (Å²) in [5.41, 5.74) is 1.96. The third-order valence-corrected chi connectivity index (χ3v) is 6.04. The average molecular weight is 294 g/mol. The number of nitrogens with one attached hydrogen (secondary N) is 1. The van der Waals surface area contributed by atoms with E-state index in [4.69, 9.17) is 4.74 Å². The Labute approximate surface area is 126 Å². The van der Waals surface area contributed by atoms with Crippen molar-refractivity contribution in [2.45, 2.75) is 32.2 Å². The first kappa shape index (κ1) is 14.5. The lowest BCUT2D eigenvalue weighted by molar-refractivity contribution is -0.0112. The molecule has 1 N–H and O–H groups in total. The highest BCUT2D eigenvalue weighted by molar-refractivity contribution is 7.10. The average Bonchev–Trinajstić information content (AvgIpc) is 2.93. The van der Waals surface area contributed by atoms with Crippen LogP contribution in [-0.2, 0) is 11.2 Å². The van der Waals surface area contributed by atoms with Crippen molar-refractivity contribution in [3.63, 3.8) is 0 Å². The van der Waals surface area contributed by atoms with Crippen molar-refractivity contribution in [3.8, 4) is 0 Å². The van der Waals surface area contributed by atoms with Crippen molar-refractivity contribution < 1.29 is 4.74 Å². The summed E-state index contributed by atoms with van der Waals surface area (Å²) < 4.78 is 5.59. The fourth-order valence-corrected chi connectivity index (χ4v) is 4.74. The number of hydrogen-bond donors (Lipinski definition) is 1. The smallest absolute Gasteiger partial charge is 0.0472 e. The van der Waals surface area contributed by atoms with Gasteiger partial charge in [0.2, 0.25) is 0 Å². The zero-order valence-corrected chi connectivity index (χ0v) is 13.5. The summed E-state index contributed by atoms with van der Waals surface area (Å²) in [5.74, 6) is 0. The Hall–Kier alpha value is -0.420. The molecule has 3 nitrogen and oxygen atoms in total. The van der Waals surface area contributed by atoms with Crippen molar-refractivity contribution in [2.24, 2.45) is 5.41 Å². The molecule has 1 aromatic rings. The topological polar surface area (TPSA) is 24.5 Å². The van der Waals surface area contributed by atoms with Gasteiger partial charge < -0.3 is 10.1 Å². The van der Waals surface area contributed by atoms with Crippen LogP contribution < -0.4 is 5.32 Å². The quantitative estimate of drug-likeness (QED) is 0.924. The molecule has 2 aliphatic rings. The maximum absolute atomic E-state index is 5.59. The predicted octanol–water partition coefficient (Wildman–Crippen LogP) is 2.68. The molecule has 3 rings (SSSR count). The van der Waals surface area contributed by atoms with E-state index < -0.39 is 0 Å². The number of thiophene rings is 1. The van der Waals surface area contributed by atoms with E-state index >= 15 is 0 Å². The van der Waals surface area contributed by atoms with Crippen molar-refractivity contribution in [3.05, 3.63) is 21.9 Å². The van der Waals surface area contributed by atoms with Crippen LogP contribution in [-0.4, -0.2) is 44.8 Å². The Morgan fingerprint density at radius 2 is 2.25 bits per heavy atom. The van der Waals surface area contributed by atoms with Crippen molar-refractivity contribution >= 4 is 11.3 Å². The van der Waals surface area contributed by atoms with Crippen molar-refractivity contribution in [2.75, 3.05) is 39.9 Å². The van der Waals surface area contributed by atoms with Gasteiger partial charge in [0.1, 0.15) is 0 Å². The Bertz CT molecular complexity index is 434. The third kappa shape index (κ3) is 2.80. The molecule has 1 fully saturated rings. The zero-order chi connectivity index (χ0) is 14.0. The molecule has 0 aromatic carbocycles. The van der Waals surface area contributed by atoms with Gasteiger partial charge in [-0.25, -0.2) is 0 Å². The normalized spacial score (nSPS) is 26.4. The van der Waals surface area contributed by atoms with Gasteiger partial charge in [-0.05, 0) is 55.7 Å². The van der Waals surface area contributed by atoms with Crippen LogP contribution in [0.5, 0.6) is 0 Å². The van der Waals surface area contributed by atoms with Crippen molar-refractivity contribution in [1.29, 1.82) is 0 Å². The second kappa shape index (κ2) is 6.14. The highest BCUT2D eigenvalue weighted by Crippen LogP contribution is 2.37. The molecule has 1 atom stereocenters. The molecule has 1 saturated heterocycles. The van der Waals surface area contributed by atoms with E-state index in [-0.39, 0.29) is 0 Å². The van der Waals surface area contributed by atoms with Crippen LogP contribution in [0, 0.1) is 5.41 Å². The molecule has 2 aliphatic heterocycles. The molecule has 112 valence electrons. The van der Waals surface area contributed by atoms with E-state index in [2.05, 4.69) is 35.6 Å². The number of ether oxygens (including phenoxy) is 1. The first-order chi connectivity index (χ1) is 9.74. The van der Waals surface area contributed by atoms with E-state index in [1.807, 2.05) is 11.3 Å².